The van der Waals surface area contributed by atoms with E-state index in [1.807, 2.05) is 20.8 Å². The third-order valence-corrected chi connectivity index (χ3v) is 6.92. The van der Waals surface area contributed by atoms with Gasteiger partial charge in [0.05, 0.1) is 12.5 Å². The van der Waals surface area contributed by atoms with Crippen molar-refractivity contribution in [2.45, 2.75) is 142 Å². The van der Waals surface area contributed by atoms with Gasteiger partial charge in [-0.15, -0.1) is 0 Å². The van der Waals surface area contributed by atoms with Gasteiger partial charge in [-0.2, -0.15) is 0 Å². The monoisotopic (exact) mass is 471 g/mol. The summed E-state index contributed by atoms with van der Waals surface area (Å²) < 4.78 is -0.432. The molecule has 0 rings (SSSR count). The Labute approximate surface area is 201 Å². The molecule has 3 atom stereocenters. The predicted octanol–water partition coefficient (Wildman–Crippen LogP) is 4.76. The van der Waals surface area contributed by atoms with Crippen molar-refractivity contribution in [1.29, 1.82) is 0 Å². The first-order valence-electron chi connectivity index (χ1n) is 13.3. The SMILES string of the molecule is CCCCCCCCCCC[N+](C(CCC)C(=O)[O-])(C(CCC)C(=O)O)C(CCC)C(=O)O. The highest BCUT2D eigenvalue weighted by Gasteiger charge is 2.54. The van der Waals surface area contributed by atoms with Crippen LogP contribution in [0.3, 0.4) is 0 Å². The number of aliphatic carboxylic acids is 3. The molecule has 33 heavy (non-hydrogen) atoms. The van der Waals surface area contributed by atoms with E-state index in [-0.39, 0.29) is 25.8 Å². The zero-order valence-corrected chi connectivity index (χ0v) is 21.5. The van der Waals surface area contributed by atoms with Crippen LogP contribution < -0.4 is 5.11 Å². The van der Waals surface area contributed by atoms with Crippen molar-refractivity contribution in [1.82, 2.24) is 0 Å². The number of carbonyl (C=O) groups excluding carboxylic acids is 1. The quantitative estimate of drug-likeness (QED) is 0.174. The maximum absolute atomic E-state index is 12.4. The molecule has 3 unspecified atom stereocenters. The molecule has 0 aromatic heterocycles. The van der Waals surface area contributed by atoms with Gasteiger partial charge in [0.2, 0.25) is 0 Å². The van der Waals surface area contributed by atoms with E-state index < -0.39 is 40.5 Å². The van der Waals surface area contributed by atoms with Gasteiger partial charge in [-0.3, -0.25) is 4.48 Å². The minimum absolute atomic E-state index is 0.209. The number of hydrogen-bond acceptors (Lipinski definition) is 4. The van der Waals surface area contributed by atoms with Gasteiger partial charge in [0.25, 0.3) is 0 Å². The molecule has 2 N–H and O–H groups in total. The van der Waals surface area contributed by atoms with Crippen LogP contribution in [0.4, 0.5) is 0 Å². The molecule has 7 nitrogen and oxygen atoms in total. The average Bonchev–Trinajstić information content (AvgIpc) is 2.76. The number of carboxylic acid groups (broad SMARTS) is 3. The minimum atomic E-state index is -1.34. The van der Waals surface area contributed by atoms with Gasteiger partial charge in [0.15, 0.2) is 12.1 Å². The Balaban J connectivity index is 5.94. The average molecular weight is 472 g/mol. The molecule has 0 bridgehead atoms. The lowest BCUT2D eigenvalue weighted by Gasteiger charge is -2.52. The number of carboxylic acids is 3. The normalized spacial score (nSPS) is 16.0. The Kier molecular flexibility index (Phi) is 16.9. The molecule has 0 aliphatic heterocycles. The molecule has 0 heterocycles. The van der Waals surface area contributed by atoms with Crippen LogP contribution >= 0.6 is 0 Å². The lowest BCUT2D eigenvalue weighted by atomic mass is 9.91. The summed E-state index contributed by atoms with van der Waals surface area (Å²) in [6.45, 7) is 7.98. The zero-order chi connectivity index (χ0) is 25.3. The van der Waals surface area contributed by atoms with E-state index in [1.54, 1.807) is 0 Å². The van der Waals surface area contributed by atoms with Crippen LogP contribution in [0.5, 0.6) is 0 Å². The standard InChI is InChI=1S/C26H49NO6/c1-5-9-10-11-12-13-14-15-16-20-27(21(17-6-2)24(28)29,22(18-7-3)25(30)31)23(19-8-4)26(32)33/h21-23H,5-20H2,1-4H3,(H2-,28,29,30,31,32,33). The molecule has 0 aromatic carbocycles. The molecular formula is C26H49NO6. The Hall–Kier alpha value is -1.63. The second-order valence-electron chi connectivity index (χ2n) is 9.46. The zero-order valence-electron chi connectivity index (χ0n) is 21.5. The molecule has 0 fully saturated rings. The molecule has 0 aliphatic carbocycles. The van der Waals surface area contributed by atoms with Gasteiger partial charge in [-0.25, -0.2) is 9.59 Å². The highest BCUT2D eigenvalue weighted by Crippen LogP contribution is 2.34. The predicted molar refractivity (Wildman–Crippen MR) is 129 cm³/mol. The van der Waals surface area contributed by atoms with E-state index in [2.05, 4.69) is 6.92 Å². The summed E-state index contributed by atoms with van der Waals surface area (Å²) in [6.07, 6.45) is 11.9. The molecule has 0 saturated carbocycles. The van der Waals surface area contributed by atoms with Crippen molar-refractivity contribution in [3.8, 4) is 0 Å². The molecule has 7 heteroatoms. The van der Waals surface area contributed by atoms with Crippen LogP contribution in [-0.4, -0.2) is 57.3 Å². The van der Waals surface area contributed by atoms with Gasteiger partial charge >= 0.3 is 11.9 Å². The highest BCUT2D eigenvalue weighted by molar-refractivity contribution is 5.77. The van der Waals surface area contributed by atoms with Crippen molar-refractivity contribution < 1.29 is 34.2 Å². The number of hydrogen-bond donors (Lipinski definition) is 2. The first-order chi connectivity index (χ1) is 15.7. The second-order valence-corrected chi connectivity index (χ2v) is 9.46. The van der Waals surface area contributed by atoms with Crippen LogP contribution in [0, 0.1) is 0 Å². The van der Waals surface area contributed by atoms with E-state index in [0.717, 1.165) is 19.3 Å². The molecule has 0 spiro atoms. The van der Waals surface area contributed by atoms with Gasteiger partial charge in [-0.1, -0.05) is 79.1 Å². The van der Waals surface area contributed by atoms with Crippen LogP contribution in [0.15, 0.2) is 0 Å². The second kappa shape index (κ2) is 17.8. The molecule has 0 amide bonds. The topological polar surface area (TPSA) is 115 Å². The summed E-state index contributed by atoms with van der Waals surface area (Å²) in [5.74, 6) is -3.56. The van der Waals surface area contributed by atoms with Crippen LogP contribution in [0.1, 0.15) is 124 Å². The lowest BCUT2D eigenvalue weighted by Crippen LogP contribution is -2.74. The third-order valence-electron chi connectivity index (χ3n) is 6.92. The Morgan fingerprint density at radius 1 is 0.606 bits per heavy atom. The number of carbonyl (C=O) groups is 3. The van der Waals surface area contributed by atoms with Crippen molar-refractivity contribution in [2.75, 3.05) is 6.54 Å². The number of rotatable bonds is 22. The van der Waals surface area contributed by atoms with Crippen LogP contribution in [0.25, 0.3) is 0 Å². The summed E-state index contributed by atoms with van der Waals surface area (Å²) in [4.78, 5) is 37.2. The summed E-state index contributed by atoms with van der Waals surface area (Å²) in [6, 6.07) is -3.30. The third kappa shape index (κ3) is 10.0. The van der Waals surface area contributed by atoms with Crippen LogP contribution in [-0.2, 0) is 14.4 Å². The molecule has 0 saturated heterocycles. The van der Waals surface area contributed by atoms with E-state index in [9.17, 15) is 29.7 Å². The van der Waals surface area contributed by atoms with Crippen molar-refractivity contribution in [2.24, 2.45) is 0 Å². The maximum Gasteiger partial charge on any atom is 0.362 e. The fourth-order valence-corrected chi connectivity index (χ4v) is 5.33. The first kappa shape index (κ1) is 31.4. The Morgan fingerprint density at radius 2 is 0.970 bits per heavy atom. The minimum Gasteiger partial charge on any atom is -0.544 e. The van der Waals surface area contributed by atoms with Crippen molar-refractivity contribution in [3.05, 3.63) is 0 Å². The Morgan fingerprint density at radius 3 is 1.30 bits per heavy atom. The van der Waals surface area contributed by atoms with Crippen molar-refractivity contribution >= 4 is 17.9 Å². The van der Waals surface area contributed by atoms with Crippen LogP contribution in [0.2, 0.25) is 0 Å². The largest absolute Gasteiger partial charge is 0.544 e. The fraction of sp³-hybridized carbons (Fsp3) is 0.885. The molecule has 0 radical (unpaired) electrons. The number of unbranched alkanes of at least 4 members (excludes halogenated alkanes) is 8. The van der Waals surface area contributed by atoms with Gasteiger partial charge in [0, 0.05) is 19.3 Å². The van der Waals surface area contributed by atoms with E-state index in [0.29, 0.717) is 25.7 Å². The summed E-state index contributed by atoms with van der Waals surface area (Å²) in [7, 11) is 0. The summed E-state index contributed by atoms with van der Waals surface area (Å²) in [5.41, 5.74) is 0. The summed E-state index contributed by atoms with van der Waals surface area (Å²) >= 11 is 0. The molecular weight excluding hydrogens is 422 g/mol. The van der Waals surface area contributed by atoms with Gasteiger partial charge < -0.3 is 20.1 Å². The van der Waals surface area contributed by atoms with Gasteiger partial charge in [-0.05, 0) is 25.7 Å². The van der Waals surface area contributed by atoms with Crippen molar-refractivity contribution in [3.63, 3.8) is 0 Å². The van der Waals surface area contributed by atoms with Gasteiger partial charge in [0.1, 0.15) is 6.04 Å². The van der Waals surface area contributed by atoms with E-state index in [4.69, 9.17) is 0 Å². The summed E-state index contributed by atoms with van der Waals surface area (Å²) in [5, 5.41) is 32.7. The highest BCUT2D eigenvalue weighted by atomic mass is 16.4. The molecule has 0 aliphatic rings. The molecule has 194 valence electrons. The number of quaternary nitrogens is 1. The number of nitrogens with zero attached hydrogens (tertiary/aromatic N) is 1. The molecule has 0 aromatic rings. The Bertz CT molecular complexity index is 505. The van der Waals surface area contributed by atoms with E-state index in [1.165, 1.54) is 32.1 Å². The smallest absolute Gasteiger partial charge is 0.362 e. The lowest BCUT2D eigenvalue weighted by molar-refractivity contribution is -0.975. The van der Waals surface area contributed by atoms with E-state index >= 15 is 0 Å². The fourth-order valence-electron chi connectivity index (χ4n) is 5.33. The maximum atomic E-state index is 12.4. The first-order valence-corrected chi connectivity index (χ1v) is 13.3.